The van der Waals surface area contributed by atoms with Gasteiger partial charge in [-0.25, -0.2) is 4.98 Å². The molecule has 1 fully saturated rings. The van der Waals surface area contributed by atoms with Crippen LogP contribution >= 0.6 is 11.3 Å². The Labute approximate surface area is 251 Å². The maximum absolute atomic E-state index is 13.6. The minimum Gasteiger partial charge on any atom is -0.481 e. The molecular weight excluding hydrogens is 566 g/mol. The predicted molar refractivity (Wildman–Crippen MR) is 155 cm³/mol. The van der Waals surface area contributed by atoms with Crippen molar-refractivity contribution in [2.75, 3.05) is 33.4 Å². The number of likely N-dealkylation sites (N-methyl/N-ethyl adjacent to an activating group) is 1. The van der Waals surface area contributed by atoms with E-state index < -0.39 is 48.5 Å². The smallest absolute Gasteiger partial charge is 0.306 e. The molecule has 236 valence electrons. The zero-order chi connectivity index (χ0) is 31.4. The van der Waals surface area contributed by atoms with Gasteiger partial charge in [0, 0.05) is 31.8 Å². The lowest BCUT2D eigenvalue weighted by molar-refractivity contribution is -0.148. The molecule has 2 rings (SSSR count). The fourth-order valence-corrected chi connectivity index (χ4v) is 5.51. The molecule has 1 aromatic heterocycles. The lowest BCUT2D eigenvalue weighted by Gasteiger charge is -2.35. The van der Waals surface area contributed by atoms with Crippen molar-refractivity contribution in [2.45, 2.75) is 84.4 Å². The summed E-state index contributed by atoms with van der Waals surface area (Å²) in [5, 5.41) is 26.5. The number of nitrogens with one attached hydrogen (secondary N) is 2. The van der Waals surface area contributed by atoms with Crippen molar-refractivity contribution in [2.24, 2.45) is 11.8 Å². The number of aliphatic hydroxyl groups is 1. The van der Waals surface area contributed by atoms with Crippen LogP contribution in [0.4, 0.5) is 0 Å². The molecule has 13 nitrogen and oxygen atoms in total. The van der Waals surface area contributed by atoms with E-state index in [0.29, 0.717) is 17.8 Å². The van der Waals surface area contributed by atoms with Gasteiger partial charge in [0.25, 0.3) is 5.91 Å². The SMILES string of the molecule is CCC(C)[C@H](NC(=O)[C@H]1CCCCN1C)C(=O)N(CO)CC[C@@H](OC(C)=O)c1nc(C(=O)NCC[C@H](C)C(=O)O)cs1. The van der Waals surface area contributed by atoms with Crippen LogP contribution in [-0.4, -0.2) is 100 Å². The second kappa shape index (κ2) is 17.1. The standard InChI is InChI=1S/C28H45N5O8S/c1-6-17(2)23(31-25(37)21-9-7-8-13-32(21)5)27(38)33(16-34)14-11-22(41-19(4)35)26-30-20(15-42-26)24(36)29-12-10-18(3)28(39)40/h15,17-18,21-23,34H,6-14,16H2,1-5H3,(H,29,36)(H,31,37)(H,39,40)/t17?,18-,21+,22+,23-/m0/s1. The summed E-state index contributed by atoms with van der Waals surface area (Å²) in [6, 6.07) is -1.15. The van der Waals surface area contributed by atoms with E-state index in [0.717, 1.165) is 30.7 Å². The van der Waals surface area contributed by atoms with E-state index in [-0.39, 0.29) is 49.5 Å². The Morgan fingerprint density at radius 1 is 1.21 bits per heavy atom. The number of ether oxygens (including phenoxy) is 1. The second-order valence-electron chi connectivity index (χ2n) is 10.8. The highest BCUT2D eigenvalue weighted by Gasteiger charge is 2.34. The number of nitrogens with zero attached hydrogens (tertiary/aromatic N) is 3. The summed E-state index contributed by atoms with van der Waals surface area (Å²) in [5.74, 6) is -3.45. The summed E-state index contributed by atoms with van der Waals surface area (Å²) in [5.41, 5.74) is 0.0949. The molecule has 14 heteroatoms. The molecule has 1 aliphatic rings. The number of hydrogen-bond donors (Lipinski definition) is 4. The Morgan fingerprint density at radius 2 is 1.93 bits per heavy atom. The van der Waals surface area contributed by atoms with Gasteiger partial charge in [0.15, 0.2) is 6.10 Å². The molecule has 0 aromatic carbocycles. The van der Waals surface area contributed by atoms with E-state index in [9.17, 15) is 29.1 Å². The monoisotopic (exact) mass is 611 g/mol. The number of amides is 3. The molecule has 0 spiro atoms. The number of piperidine rings is 1. The summed E-state index contributed by atoms with van der Waals surface area (Å²) in [7, 11) is 1.90. The molecule has 1 aliphatic heterocycles. The molecule has 0 bridgehead atoms. The first-order chi connectivity index (χ1) is 19.9. The number of hydrogen-bond acceptors (Lipinski definition) is 10. The number of carbonyl (C=O) groups is 5. The number of likely N-dealkylation sites (tertiary alicyclic amines) is 1. The Balaban J connectivity index is 2.09. The minimum atomic E-state index is -0.950. The number of aliphatic hydroxyl groups excluding tert-OH is 1. The lowest BCUT2D eigenvalue weighted by atomic mass is 9.96. The van der Waals surface area contributed by atoms with Crippen molar-refractivity contribution in [1.29, 1.82) is 0 Å². The van der Waals surface area contributed by atoms with E-state index in [2.05, 4.69) is 15.6 Å². The topological polar surface area (TPSA) is 178 Å². The number of esters is 1. The summed E-state index contributed by atoms with van der Waals surface area (Å²) in [6.07, 6.45) is 2.79. The van der Waals surface area contributed by atoms with Crippen molar-refractivity contribution in [3.05, 3.63) is 16.1 Å². The molecule has 3 amide bonds. The first-order valence-corrected chi connectivity index (χ1v) is 15.3. The lowest BCUT2D eigenvalue weighted by Crippen LogP contribution is -2.57. The third kappa shape index (κ3) is 10.3. The Morgan fingerprint density at radius 3 is 2.52 bits per heavy atom. The molecule has 0 saturated carbocycles. The second-order valence-corrected chi connectivity index (χ2v) is 11.7. The average Bonchev–Trinajstić information content (AvgIpc) is 3.45. The third-order valence-corrected chi connectivity index (χ3v) is 8.55. The van der Waals surface area contributed by atoms with E-state index in [1.165, 1.54) is 17.2 Å². The van der Waals surface area contributed by atoms with Crippen LogP contribution in [0, 0.1) is 11.8 Å². The highest BCUT2D eigenvalue weighted by molar-refractivity contribution is 7.09. The Bertz CT molecular complexity index is 1080. The number of aromatic nitrogens is 1. The molecule has 1 saturated heterocycles. The highest BCUT2D eigenvalue weighted by Crippen LogP contribution is 2.26. The summed E-state index contributed by atoms with van der Waals surface area (Å²) < 4.78 is 5.45. The molecule has 42 heavy (non-hydrogen) atoms. The quantitative estimate of drug-likeness (QED) is 0.159. The molecule has 0 aliphatic carbocycles. The summed E-state index contributed by atoms with van der Waals surface area (Å²) >= 11 is 1.11. The molecule has 5 atom stereocenters. The largest absolute Gasteiger partial charge is 0.481 e. The first-order valence-electron chi connectivity index (χ1n) is 14.4. The van der Waals surface area contributed by atoms with E-state index in [1.54, 1.807) is 6.92 Å². The maximum atomic E-state index is 13.6. The zero-order valence-electron chi connectivity index (χ0n) is 25.1. The Hall–Kier alpha value is -3.10. The van der Waals surface area contributed by atoms with Crippen LogP contribution in [0.25, 0.3) is 0 Å². The van der Waals surface area contributed by atoms with Gasteiger partial charge in [0.1, 0.15) is 23.5 Å². The van der Waals surface area contributed by atoms with Gasteiger partial charge in [-0.1, -0.05) is 33.6 Å². The molecule has 4 N–H and O–H groups in total. The zero-order valence-corrected chi connectivity index (χ0v) is 25.9. The first kappa shape index (κ1) is 35.1. The van der Waals surface area contributed by atoms with Gasteiger partial charge < -0.3 is 30.5 Å². The van der Waals surface area contributed by atoms with Crippen LogP contribution in [0.3, 0.4) is 0 Å². The normalized spacial score (nSPS) is 18.3. The average molecular weight is 612 g/mol. The number of aliphatic carboxylic acids is 1. The highest BCUT2D eigenvalue weighted by atomic mass is 32.1. The van der Waals surface area contributed by atoms with Gasteiger partial charge in [-0.2, -0.15) is 0 Å². The van der Waals surface area contributed by atoms with Crippen LogP contribution < -0.4 is 10.6 Å². The van der Waals surface area contributed by atoms with Gasteiger partial charge in [0.05, 0.1) is 12.0 Å². The minimum absolute atomic E-state index is 0.00754. The third-order valence-electron chi connectivity index (χ3n) is 7.62. The van der Waals surface area contributed by atoms with Crippen LogP contribution in [0.5, 0.6) is 0 Å². The number of carbonyl (C=O) groups excluding carboxylic acids is 4. The van der Waals surface area contributed by atoms with Gasteiger partial charge >= 0.3 is 11.9 Å². The van der Waals surface area contributed by atoms with Crippen molar-refractivity contribution in [3.8, 4) is 0 Å². The summed E-state index contributed by atoms with van der Waals surface area (Å²) in [4.78, 5) is 69.5. The molecular formula is C28H45N5O8S. The number of carboxylic acid groups (broad SMARTS) is 1. The van der Waals surface area contributed by atoms with Crippen LogP contribution in [0.2, 0.25) is 0 Å². The fraction of sp³-hybridized carbons (Fsp3) is 0.714. The number of carboxylic acids is 1. The van der Waals surface area contributed by atoms with Crippen LogP contribution in [-0.2, 0) is 23.9 Å². The molecule has 0 radical (unpaired) electrons. The predicted octanol–water partition coefficient (Wildman–Crippen LogP) is 1.77. The van der Waals surface area contributed by atoms with Crippen molar-refractivity contribution >= 4 is 41.0 Å². The van der Waals surface area contributed by atoms with E-state index in [4.69, 9.17) is 9.84 Å². The van der Waals surface area contributed by atoms with Gasteiger partial charge in [-0.15, -0.1) is 11.3 Å². The van der Waals surface area contributed by atoms with E-state index >= 15 is 0 Å². The molecule has 1 unspecified atom stereocenters. The van der Waals surface area contributed by atoms with Crippen molar-refractivity contribution in [3.63, 3.8) is 0 Å². The van der Waals surface area contributed by atoms with Crippen LogP contribution in [0.1, 0.15) is 87.8 Å². The maximum Gasteiger partial charge on any atom is 0.306 e. The van der Waals surface area contributed by atoms with Crippen molar-refractivity contribution < 1.29 is 38.9 Å². The fourth-order valence-electron chi connectivity index (χ4n) is 4.65. The van der Waals surface area contributed by atoms with Crippen LogP contribution in [0.15, 0.2) is 5.38 Å². The number of thiazole rings is 1. The number of rotatable bonds is 16. The van der Waals surface area contributed by atoms with Gasteiger partial charge in [0.2, 0.25) is 11.8 Å². The van der Waals surface area contributed by atoms with Gasteiger partial charge in [-0.3, -0.25) is 28.9 Å². The van der Waals surface area contributed by atoms with Gasteiger partial charge in [-0.05, 0) is 38.8 Å². The molecule has 1 aromatic rings. The van der Waals surface area contributed by atoms with E-state index in [1.807, 2.05) is 25.8 Å². The summed E-state index contributed by atoms with van der Waals surface area (Å²) in [6.45, 7) is 6.96. The Kier molecular flexibility index (Phi) is 14.3. The van der Waals surface area contributed by atoms with Crippen molar-refractivity contribution in [1.82, 2.24) is 25.4 Å². The molecule has 2 heterocycles.